The molecule has 2 amide bonds. The zero-order valence-electron chi connectivity index (χ0n) is 14.8. The highest BCUT2D eigenvalue weighted by Gasteiger charge is 2.16. The van der Waals surface area contributed by atoms with Crippen molar-refractivity contribution in [3.63, 3.8) is 0 Å². The van der Waals surface area contributed by atoms with E-state index in [1.807, 2.05) is 0 Å². The van der Waals surface area contributed by atoms with Gasteiger partial charge in [-0.05, 0) is 19.1 Å². The van der Waals surface area contributed by atoms with Crippen LogP contribution in [-0.2, 0) is 4.79 Å². The summed E-state index contributed by atoms with van der Waals surface area (Å²) >= 11 is 0. The van der Waals surface area contributed by atoms with E-state index in [1.54, 1.807) is 6.92 Å². The fraction of sp³-hybridized carbons (Fsp3) is 0.176. The van der Waals surface area contributed by atoms with E-state index in [2.05, 4.69) is 20.8 Å². The van der Waals surface area contributed by atoms with E-state index in [0.717, 1.165) is 18.3 Å². The second-order valence-corrected chi connectivity index (χ2v) is 5.28. The van der Waals surface area contributed by atoms with Gasteiger partial charge in [0.15, 0.2) is 11.5 Å². The van der Waals surface area contributed by atoms with E-state index in [1.165, 1.54) is 24.5 Å². The molecule has 0 fully saturated rings. The molecule has 0 atom stereocenters. The number of hydrogen-bond acceptors (Lipinski definition) is 8. The standard InChI is InChI=1S/C17H17N5O6/c1-2-28-14-8-13(22(26)27)7-12(16(14)24)9-20-21-15(23)10-19-17(25)11-3-5-18-6-4-11/h3-9,24H,2,10H2,1H3,(H,19,25)(H,21,23)/b20-9-. The summed E-state index contributed by atoms with van der Waals surface area (Å²) in [6.45, 7) is 1.51. The fourth-order valence-electron chi connectivity index (χ4n) is 2.06. The molecule has 11 nitrogen and oxygen atoms in total. The van der Waals surface area contributed by atoms with Gasteiger partial charge < -0.3 is 15.2 Å². The van der Waals surface area contributed by atoms with Gasteiger partial charge in [-0.25, -0.2) is 5.43 Å². The Morgan fingerprint density at radius 2 is 2.07 bits per heavy atom. The number of phenolic OH excluding ortho intramolecular Hbond substituents is 1. The zero-order valence-corrected chi connectivity index (χ0v) is 14.8. The number of rotatable bonds is 8. The number of phenols is 1. The van der Waals surface area contributed by atoms with E-state index in [0.29, 0.717) is 5.56 Å². The Bertz CT molecular complexity index is 900. The quantitative estimate of drug-likeness (QED) is 0.346. The van der Waals surface area contributed by atoms with E-state index in [-0.39, 0.29) is 35.9 Å². The third kappa shape index (κ3) is 5.49. The molecule has 0 unspecified atom stereocenters. The summed E-state index contributed by atoms with van der Waals surface area (Å²) in [4.78, 5) is 37.7. The Kier molecular flexibility index (Phi) is 6.97. The summed E-state index contributed by atoms with van der Waals surface area (Å²) < 4.78 is 5.15. The van der Waals surface area contributed by atoms with Crippen molar-refractivity contribution in [2.24, 2.45) is 5.10 Å². The van der Waals surface area contributed by atoms with Crippen molar-refractivity contribution in [3.05, 3.63) is 57.9 Å². The molecule has 0 aliphatic rings. The van der Waals surface area contributed by atoms with Crippen molar-refractivity contribution in [1.82, 2.24) is 15.7 Å². The van der Waals surface area contributed by atoms with Crippen LogP contribution >= 0.6 is 0 Å². The normalized spacial score (nSPS) is 10.5. The number of amides is 2. The number of hydrazone groups is 1. The molecule has 0 saturated heterocycles. The molecule has 2 rings (SSSR count). The van der Waals surface area contributed by atoms with Gasteiger partial charge in [-0.3, -0.25) is 24.7 Å². The molecule has 0 aliphatic heterocycles. The lowest BCUT2D eigenvalue weighted by Crippen LogP contribution is -2.34. The highest BCUT2D eigenvalue weighted by Crippen LogP contribution is 2.33. The Morgan fingerprint density at radius 1 is 1.36 bits per heavy atom. The van der Waals surface area contributed by atoms with Gasteiger partial charge in [-0.15, -0.1) is 0 Å². The molecule has 28 heavy (non-hydrogen) atoms. The number of nitro benzene ring substituents is 1. The molecule has 146 valence electrons. The topological polar surface area (TPSA) is 156 Å². The number of nitro groups is 1. The number of non-ortho nitro benzene ring substituents is 1. The first kappa shape index (κ1) is 20.3. The number of hydrogen-bond donors (Lipinski definition) is 3. The maximum absolute atomic E-state index is 11.8. The molecular formula is C17H17N5O6. The molecule has 0 saturated carbocycles. The summed E-state index contributed by atoms with van der Waals surface area (Å²) in [5, 5.41) is 27.1. The molecule has 1 aromatic heterocycles. The number of ether oxygens (including phenoxy) is 1. The third-order valence-electron chi connectivity index (χ3n) is 3.34. The summed E-state index contributed by atoms with van der Waals surface area (Å²) in [5.41, 5.74) is 2.17. The first-order valence-corrected chi connectivity index (χ1v) is 8.06. The van der Waals surface area contributed by atoms with Crippen LogP contribution in [0.2, 0.25) is 0 Å². The van der Waals surface area contributed by atoms with Crippen molar-refractivity contribution >= 4 is 23.7 Å². The number of carbonyl (C=O) groups is 2. The second-order valence-electron chi connectivity index (χ2n) is 5.28. The largest absolute Gasteiger partial charge is 0.504 e. The minimum Gasteiger partial charge on any atom is -0.504 e. The summed E-state index contributed by atoms with van der Waals surface area (Å²) in [6.07, 6.45) is 3.93. The number of nitrogens with one attached hydrogen (secondary N) is 2. The third-order valence-corrected chi connectivity index (χ3v) is 3.34. The lowest BCUT2D eigenvalue weighted by atomic mass is 10.1. The second kappa shape index (κ2) is 9.62. The zero-order chi connectivity index (χ0) is 20.5. The van der Waals surface area contributed by atoms with Gasteiger partial charge in [-0.1, -0.05) is 0 Å². The van der Waals surface area contributed by atoms with Crippen LogP contribution in [0.15, 0.2) is 41.8 Å². The Balaban J connectivity index is 1.98. The predicted molar refractivity (Wildman–Crippen MR) is 98.2 cm³/mol. The number of aromatic hydroxyl groups is 1. The minimum atomic E-state index is -0.646. The average molecular weight is 387 g/mol. The van der Waals surface area contributed by atoms with Gasteiger partial charge in [0.25, 0.3) is 17.5 Å². The molecule has 3 N–H and O–H groups in total. The highest BCUT2D eigenvalue weighted by molar-refractivity contribution is 5.96. The maximum Gasteiger partial charge on any atom is 0.274 e. The van der Waals surface area contributed by atoms with Crippen LogP contribution in [0.25, 0.3) is 0 Å². The van der Waals surface area contributed by atoms with Crippen LogP contribution < -0.4 is 15.5 Å². The minimum absolute atomic E-state index is 0.0150. The van der Waals surface area contributed by atoms with Gasteiger partial charge in [-0.2, -0.15) is 5.10 Å². The molecule has 1 heterocycles. The van der Waals surface area contributed by atoms with Crippen LogP contribution in [0.5, 0.6) is 11.5 Å². The predicted octanol–water partition coefficient (Wildman–Crippen LogP) is 0.974. The lowest BCUT2D eigenvalue weighted by molar-refractivity contribution is -0.385. The van der Waals surface area contributed by atoms with Gasteiger partial charge >= 0.3 is 0 Å². The van der Waals surface area contributed by atoms with Gasteiger partial charge in [0, 0.05) is 29.6 Å². The van der Waals surface area contributed by atoms with Crippen molar-refractivity contribution < 1.29 is 24.4 Å². The summed E-state index contributed by atoms with van der Waals surface area (Å²) in [6, 6.07) is 5.15. The highest BCUT2D eigenvalue weighted by atomic mass is 16.6. The first-order valence-electron chi connectivity index (χ1n) is 8.06. The average Bonchev–Trinajstić information content (AvgIpc) is 2.69. The molecule has 11 heteroatoms. The van der Waals surface area contributed by atoms with Crippen LogP contribution in [0.1, 0.15) is 22.8 Å². The molecule has 0 bridgehead atoms. The number of aromatic nitrogens is 1. The number of benzene rings is 1. The smallest absolute Gasteiger partial charge is 0.274 e. The Labute approximate surface area is 159 Å². The van der Waals surface area contributed by atoms with Crippen LogP contribution in [0.3, 0.4) is 0 Å². The van der Waals surface area contributed by atoms with Gasteiger partial charge in [0.2, 0.25) is 0 Å². The van der Waals surface area contributed by atoms with E-state index >= 15 is 0 Å². The first-order chi connectivity index (χ1) is 13.4. The molecule has 0 aliphatic carbocycles. The number of carbonyl (C=O) groups excluding carboxylic acids is 2. The van der Waals surface area contributed by atoms with E-state index in [4.69, 9.17) is 4.74 Å². The van der Waals surface area contributed by atoms with Gasteiger partial charge in [0.1, 0.15) is 0 Å². The van der Waals surface area contributed by atoms with Crippen molar-refractivity contribution in [2.45, 2.75) is 6.92 Å². The maximum atomic E-state index is 11.8. The van der Waals surface area contributed by atoms with Crippen LogP contribution in [-0.4, -0.2) is 46.2 Å². The fourth-order valence-corrected chi connectivity index (χ4v) is 2.06. The molecule has 0 radical (unpaired) electrons. The van der Waals surface area contributed by atoms with Crippen molar-refractivity contribution in [2.75, 3.05) is 13.2 Å². The summed E-state index contributed by atoms with van der Waals surface area (Å²) in [5.74, 6) is -1.52. The molecule has 2 aromatic rings. The molecular weight excluding hydrogens is 370 g/mol. The number of pyridine rings is 1. The Morgan fingerprint density at radius 3 is 2.71 bits per heavy atom. The summed E-state index contributed by atoms with van der Waals surface area (Å²) in [7, 11) is 0. The van der Waals surface area contributed by atoms with Crippen molar-refractivity contribution in [1.29, 1.82) is 0 Å². The lowest BCUT2D eigenvalue weighted by Gasteiger charge is -2.08. The Hall–Kier alpha value is -4.02. The van der Waals surface area contributed by atoms with Crippen LogP contribution in [0.4, 0.5) is 5.69 Å². The number of nitrogens with zero attached hydrogens (tertiary/aromatic N) is 3. The molecule has 1 aromatic carbocycles. The van der Waals surface area contributed by atoms with E-state index < -0.39 is 16.7 Å². The SMILES string of the molecule is CCOc1cc([N+](=O)[O-])cc(/C=N\NC(=O)CNC(=O)c2ccncc2)c1O. The van der Waals surface area contributed by atoms with Crippen molar-refractivity contribution in [3.8, 4) is 11.5 Å². The molecule has 0 spiro atoms. The van der Waals surface area contributed by atoms with Crippen LogP contribution in [0, 0.1) is 10.1 Å². The monoisotopic (exact) mass is 387 g/mol. The van der Waals surface area contributed by atoms with E-state index in [9.17, 15) is 24.8 Å². The van der Waals surface area contributed by atoms with Gasteiger partial charge in [0.05, 0.1) is 30.4 Å².